The minimum absolute atomic E-state index is 0.221. The molecule has 0 saturated carbocycles. The summed E-state index contributed by atoms with van der Waals surface area (Å²) < 4.78 is 38.0. The lowest BCUT2D eigenvalue weighted by Crippen LogP contribution is -2.60. The molecule has 5 rings (SSSR count). The van der Waals surface area contributed by atoms with Crippen molar-refractivity contribution in [2.75, 3.05) is 18.8 Å². The van der Waals surface area contributed by atoms with Crippen molar-refractivity contribution in [1.82, 2.24) is 9.88 Å². The third kappa shape index (κ3) is 5.70. The second-order valence-electron chi connectivity index (χ2n) is 8.36. The number of aliphatic carboxylic acids is 1. The Hall–Kier alpha value is -2.11. The van der Waals surface area contributed by atoms with Crippen LogP contribution in [0.2, 0.25) is 0 Å². The number of thiophene rings is 1. The van der Waals surface area contributed by atoms with Crippen molar-refractivity contribution in [3.63, 3.8) is 0 Å². The zero-order valence-electron chi connectivity index (χ0n) is 17.6. The highest BCUT2D eigenvalue weighted by atomic mass is 32.2. The van der Waals surface area contributed by atoms with Gasteiger partial charge in [-0.1, -0.05) is 0 Å². The summed E-state index contributed by atoms with van der Waals surface area (Å²) in [6, 6.07) is 6.14. The highest BCUT2D eigenvalue weighted by molar-refractivity contribution is 8.01. The summed E-state index contributed by atoms with van der Waals surface area (Å²) in [5.74, 6) is -1.50. The van der Waals surface area contributed by atoms with E-state index >= 15 is 0 Å². The molecular weight excluding hydrogens is 477 g/mol. The zero-order chi connectivity index (χ0) is 23.6. The molecule has 2 aromatic rings. The molecule has 0 bridgehead atoms. The highest BCUT2D eigenvalue weighted by Crippen LogP contribution is 2.47. The van der Waals surface area contributed by atoms with Gasteiger partial charge in [-0.3, -0.25) is 9.78 Å². The fourth-order valence-corrected chi connectivity index (χ4v) is 6.98. The number of likely N-dealkylation sites (tertiary alicyclic amines) is 1. The van der Waals surface area contributed by atoms with Gasteiger partial charge in [0.15, 0.2) is 0 Å². The first kappa shape index (κ1) is 24.0. The van der Waals surface area contributed by atoms with E-state index in [2.05, 4.69) is 11.1 Å². The molecule has 1 spiro atoms. The van der Waals surface area contributed by atoms with Crippen LogP contribution in [-0.2, 0) is 29.0 Å². The van der Waals surface area contributed by atoms with Crippen LogP contribution < -0.4 is 0 Å². The number of hydrogen-bond acceptors (Lipinski definition) is 6. The molecule has 4 heterocycles. The average molecular weight is 501 g/mol. The number of amides is 1. The highest BCUT2D eigenvalue weighted by Gasteiger charge is 2.51. The van der Waals surface area contributed by atoms with E-state index in [-0.39, 0.29) is 16.8 Å². The lowest BCUT2D eigenvalue weighted by molar-refractivity contribution is -0.192. The topological polar surface area (TPSA) is 79.7 Å². The lowest BCUT2D eigenvalue weighted by atomic mass is 9.92. The number of carbonyl (C=O) groups is 2. The van der Waals surface area contributed by atoms with E-state index in [0.717, 1.165) is 43.0 Å². The summed E-state index contributed by atoms with van der Waals surface area (Å²) in [5, 5.41) is 7.12. The van der Waals surface area contributed by atoms with E-state index in [4.69, 9.17) is 14.6 Å². The predicted octanol–water partition coefficient (Wildman–Crippen LogP) is 4.18. The molecule has 2 aromatic heterocycles. The molecular formula is C22H23F3N2O4S2. The van der Waals surface area contributed by atoms with Gasteiger partial charge in [0, 0.05) is 36.1 Å². The SMILES string of the molecule is O=C(O)C(F)(F)F.O=C(c1cc2c(s1)CCC2)N1CC2(CC(OCc3ccncc3)CS2)C1. The van der Waals surface area contributed by atoms with Gasteiger partial charge in [0.1, 0.15) is 0 Å². The smallest absolute Gasteiger partial charge is 0.475 e. The summed E-state index contributed by atoms with van der Waals surface area (Å²) in [6.07, 6.45) is 3.42. The number of nitrogens with zero attached hydrogens (tertiary/aromatic N) is 2. The average Bonchev–Trinajstić information content (AvgIpc) is 3.46. The van der Waals surface area contributed by atoms with Gasteiger partial charge >= 0.3 is 12.1 Å². The van der Waals surface area contributed by atoms with Crippen LogP contribution in [0.15, 0.2) is 30.6 Å². The Morgan fingerprint density at radius 2 is 1.94 bits per heavy atom. The molecule has 178 valence electrons. The van der Waals surface area contributed by atoms with Crippen LogP contribution in [-0.4, -0.2) is 62.7 Å². The molecule has 1 amide bonds. The number of rotatable bonds is 4. The fraction of sp³-hybridized carbons (Fsp3) is 0.500. The summed E-state index contributed by atoms with van der Waals surface area (Å²) >= 11 is 3.70. The van der Waals surface area contributed by atoms with Crippen molar-refractivity contribution in [1.29, 1.82) is 0 Å². The molecule has 1 aliphatic carbocycles. The third-order valence-electron chi connectivity index (χ3n) is 5.86. The van der Waals surface area contributed by atoms with Crippen molar-refractivity contribution in [3.05, 3.63) is 51.5 Å². The van der Waals surface area contributed by atoms with Gasteiger partial charge < -0.3 is 14.7 Å². The molecule has 0 aromatic carbocycles. The zero-order valence-corrected chi connectivity index (χ0v) is 19.3. The number of carboxylic acids is 1. The Bertz CT molecular complexity index is 985. The number of carboxylic acid groups (broad SMARTS) is 1. The van der Waals surface area contributed by atoms with Gasteiger partial charge in [0.05, 0.1) is 22.3 Å². The Morgan fingerprint density at radius 1 is 1.24 bits per heavy atom. The van der Waals surface area contributed by atoms with Crippen LogP contribution in [0, 0.1) is 0 Å². The Labute approximate surface area is 197 Å². The minimum Gasteiger partial charge on any atom is -0.475 e. The van der Waals surface area contributed by atoms with Gasteiger partial charge in [0.2, 0.25) is 0 Å². The van der Waals surface area contributed by atoms with E-state index in [9.17, 15) is 18.0 Å². The Balaban J connectivity index is 0.000000325. The summed E-state index contributed by atoms with van der Waals surface area (Å²) in [5.41, 5.74) is 2.58. The van der Waals surface area contributed by atoms with Crippen LogP contribution in [0.3, 0.4) is 0 Å². The number of aryl methyl sites for hydroxylation is 2. The second kappa shape index (κ2) is 9.63. The van der Waals surface area contributed by atoms with Crippen molar-refractivity contribution in [2.24, 2.45) is 0 Å². The van der Waals surface area contributed by atoms with E-state index < -0.39 is 12.1 Å². The minimum atomic E-state index is -5.08. The van der Waals surface area contributed by atoms with Crippen LogP contribution >= 0.6 is 23.1 Å². The Kier molecular flexibility index (Phi) is 7.01. The molecule has 33 heavy (non-hydrogen) atoms. The predicted molar refractivity (Wildman–Crippen MR) is 119 cm³/mol. The molecule has 2 saturated heterocycles. The molecule has 2 fully saturated rings. The van der Waals surface area contributed by atoms with E-state index in [1.807, 2.05) is 28.8 Å². The van der Waals surface area contributed by atoms with E-state index in [1.165, 1.54) is 22.4 Å². The van der Waals surface area contributed by atoms with E-state index in [1.54, 1.807) is 23.7 Å². The maximum Gasteiger partial charge on any atom is 0.490 e. The van der Waals surface area contributed by atoms with Crippen LogP contribution in [0.5, 0.6) is 0 Å². The number of thioether (sulfide) groups is 1. The number of alkyl halides is 3. The van der Waals surface area contributed by atoms with Crippen LogP contribution in [0.1, 0.15) is 38.5 Å². The molecule has 2 aliphatic heterocycles. The van der Waals surface area contributed by atoms with Gasteiger partial charge in [-0.15, -0.1) is 23.1 Å². The second-order valence-corrected chi connectivity index (χ2v) is 11.0. The number of aromatic nitrogens is 1. The van der Waals surface area contributed by atoms with Gasteiger partial charge in [0.25, 0.3) is 5.91 Å². The monoisotopic (exact) mass is 500 g/mol. The summed E-state index contributed by atoms with van der Waals surface area (Å²) in [6.45, 7) is 2.38. The van der Waals surface area contributed by atoms with Crippen molar-refractivity contribution >= 4 is 35.0 Å². The number of hydrogen-bond donors (Lipinski definition) is 1. The summed E-state index contributed by atoms with van der Waals surface area (Å²) in [4.78, 5) is 30.1. The molecule has 1 unspecified atom stereocenters. The molecule has 1 atom stereocenters. The van der Waals surface area contributed by atoms with Crippen molar-refractivity contribution in [2.45, 2.75) is 49.3 Å². The first-order valence-corrected chi connectivity index (χ1v) is 12.3. The number of halogens is 3. The van der Waals surface area contributed by atoms with Gasteiger partial charge in [-0.2, -0.15) is 13.2 Å². The quantitative estimate of drug-likeness (QED) is 0.679. The van der Waals surface area contributed by atoms with Gasteiger partial charge in [-0.25, -0.2) is 4.79 Å². The van der Waals surface area contributed by atoms with E-state index in [0.29, 0.717) is 6.61 Å². The normalized spacial score (nSPS) is 20.7. The van der Waals surface area contributed by atoms with Crippen LogP contribution in [0.25, 0.3) is 0 Å². The maximum atomic E-state index is 12.8. The third-order valence-corrected chi connectivity index (χ3v) is 8.66. The first-order chi connectivity index (χ1) is 15.7. The number of carbonyl (C=O) groups excluding carboxylic acids is 1. The molecule has 6 nitrogen and oxygen atoms in total. The lowest BCUT2D eigenvalue weighted by Gasteiger charge is -2.47. The maximum absolute atomic E-state index is 12.8. The standard InChI is InChI=1S/C20H22N2O2S2.C2HF3O2/c23-19(18-8-15-2-1-3-17(15)26-18)22-12-20(13-22)9-16(11-25-20)24-10-14-4-6-21-7-5-14;3-2(4,5)1(6)7/h4-8,16H,1-3,9-13H2;(H,6,7). The number of ether oxygens (including phenoxy) is 1. The number of fused-ring (bicyclic) bond motifs is 1. The van der Waals surface area contributed by atoms with Crippen LogP contribution in [0.4, 0.5) is 13.2 Å². The largest absolute Gasteiger partial charge is 0.490 e. The molecule has 0 radical (unpaired) electrons. The fourth-order valence-electron chi connectivity index (χ4n) is 4.21. The molecule has 11 heteroatoms. The first-order valence-electron chi connectivity index (χ1n) is 10.5. The van der Waals surface area contributed by atoms with Gasteiger partial charge in [-0.05, 0) is 55.0 Å². The molecule has 1 N–H and O–H groups in total. The Morgan fingerprint density at radius 3 is 2.58 bits per heavy atom. The van der Waals surface area contributed by atoms with Crippen molar-refractivity contribution < 1.29 is 32.6 Å². The van der Waals surface area contributed by atoms with Crippen molar-refractivity contribution in [3.8, 4) is 0 Å². The number of pyridine rings is 1. The summed E-state index contributed by atoms with van der Waals surface area (Å²) in [7, 11) is 0. The molecule has 3 aliphatic rings.